The Morgan fingerprint density at radius 1 is 1.33 bits per heavy atom. The van der Waals surface area contributed by atoms with Crippen LogP contribution < -0.4 is 5.73 Å². The zero-order chi connectivity index (χ0) is 13.4. The van der Waals surface area contributed by atoms with Crippen LogP contribution in [0.25, 0.3) is 0 Å². The lowest BCUT2D eigenvalue weighted by Crippen LogP contribution is -2.09. The maximum Gasteiger partial charge on any atom is 0.0737 e. The van der Waals surface area contributed by atoms with Gasteiger partial charge in [-0.15, -0.1) is 0 Å². The Hall–Kier alpha value is -0.540. The van der Waals surface area contributed by atoms with Gasteiger partial charge in [0.1, 0.15) is 0 Å². The van der Waals surface area contributed by atoms with Gasteiger partial charge in [-0.1, -0.05) is 55.1 Å². The lowest BCUT2D eigenvalue weighted by Gasteiger charge is -2.15. The third-order valence-electron chi connectivity index (χ3n) is 3.26. The fourth-order valence-electron chi connectivity index (χ4n) is 1.93. The second-order valence-electron chi connectivity index (χ2n) is 4.77. The third-order valence-corrected chi connectivity index (χ3v) is 3.76. The first-order chi connectivity index (χ1) is 8.67. The molecule has 0 amide bonds. The quantitative estimate of drug-likeness (QED) is 0.702. The zero-order valence-corrected chi connectivity index (χ0v) is 13.0. The van der Waals surface area contributed by atoms with E-state index in [2.05, 4.69) is 29.8 Å². The minimum absolute atomic E-state index is 0.613. The van der Waals surface area contributed by atoms with Crippen molar-refractivity contribution in [3.8, 4) is 0 Å². The van der Waals surface area contributed by atoms with Crippen LogP contribution in [0.15, 0.2) is 22.7 Å². The molecule has 0 spiro atoms. The van der Waals surface area contributed by atoms with Crippen molar-refractivity contribution in [1.82, 2.24) is 0 Å². The Balaban J connectivity index is 2.35. The van der Waals surface area contributed by atoms with Gasteiger partial charge in [0.05, 0.1) is 6.61 Å². The molecule has 0 aliphatic heterocycles. The highest BCUT2D eigenvalue weighted by molar-refractivity contribution is 9.10. The molecule has 0 radical (unpaired) electrons. The van der Waals surface area contributed by atoms with Gasteiger partial charge in [0.25, 0.3) is 0 Å². The van der Waals surface area contributed by atoms with Crippen molar-refractivity contribution < 1.29 is 4.74 Å². The number of ether oxygens (including phenoxy) is 1. The predicted octanol–water partition coefficient (Wildman–Crippen LogP) is 4.76. The van der Waals surface area contributed by atoms with Crippen molar-refractivity contribution in [1.29, 1.82) is 0 Å². The monoisotopic (exact) mass is 313 g/mol. The Kier molecular flexibility index (Phi) is 7.36. The molecule has 2 nitrogen and oxygen atoms in total. The van der Waals surface area contributed by atoms with Crippen LogP contribution in [-0.2, 0) is 11.3 Å². The van der Waals surface area contributed by atoms with Crippen LogP contribution >= 0.6 is 15.9 Å². The van der Waals surface area contributed by atoms with Gasteiger partial charge in [-0.3, -0.25) is 0 Å². The molecule has 0 aliphatic carbocycles. The summed E-state index contributed by atoms with van der Waals surface area (Å²) in [6, 6.07) is 5.95. The van der Waals surface area contributed by atoms with Gasteiger partial charge in [0.15, 0.2) is 0 Å². The number of halogens is 1. The highest BCUT2D eigenvalue weighted by Gasteiger charge is 2.07. The molecule has 0 bridgehead atoms. The van der Waals surface area contributed by atoms with Crippen molar-refractivity contribution in [3.63, 3.8) is 0 Å². The predicted molar refractivity (Wildman–Crippen MR) is 81.5 cm³/mol. The SMILES string of the molecule is CCCCC(CC)COCc1ccc(Br)cc1N. The van der Waals surface area contributed by atoms with Crippen molar-refractivity contribution in [2.75, 3.05) is 12.3 Å². The number of rotatable bonds is 8. The molecule has 0 saturated heterocycles. The van der Waals surface area contributed by atoms with E-state index in [0.29, 0.717) is 12.5 Å². The first-order valence-electron chi connectivity index (χ1n) is 6.79. The van der Waals surface area contributed by atoms with Crippen LogP contribution in [-0.4, -0.2) is 6.61 Å². The van der Waals surface area contributed by atoms with Crippen molar-refractivity contribution in [3.05, 3.63) is 28.2 Å². The summed E-state index contributed by atoms with van der Waals surface area (Å²) in [5.74, 6) is 0.682. The molecule has 1 aromatic carbocycles. The van der Waals surface area contributed by atoms with E-state index in [-0.39, 0.29) is 0 Å². The van der Waals surface area contributed by atoms with Crippen LogP contribution in [0.4, 0.5) is 5.69 Å². The van der Waals surface area contributed by atoms with Crippen molar-refractivity contribution >= 4 is 21.6 Å². The smallest absolute Gasteiger partial charge is 0.0737 e. The Bertz CT molecular complexity index is 354. The van der Waals surface area contributed by atoms with Crippen LogP contribution in [0.3, 0.4) is 0 Å². The zero-order valence-electron chi connectivity index (χ0n) is 11.4. The highest BCUT2D eigenvalue weighted by Crippen LogP contribution is 2.20. The van der Waals surface area contributed by atoms with Gasteiger partial charge in [-0.2, -0.15) is 0 Å². The summed E-state index contributed by atoms with van der Waals surface area (Å²) in [7, 11) is 0. The van der Waals surface area contributed by atoms with E-state index in [4.69, 9.17) is 10.5 Å². The van der Waals surface area contributed by atoms with E-state index in [1.54, 1.807) is 0 Å². The summed E-state index contributed by atoms with van der Waals surface area (Å²) in [6.45, 7) is 5.92. The average molecular weight is 314 g/mol. The molecule has 0 heterocycles. The van der Waals surface area contributed by atoms with Crippen molar-refractivity contribution in [2.24, 2.45) is 5.92 Å². The van der Waals surface area contributed by atoms with Gasteiger partial charge in [-0.05, 0) is 24.5 Å². The second-order valence-corrected chi connectivity index (χ2v) is 5.69. The van der Waals surface area contributed by atoms with Crippen LogP contribution in [0, 0.1) is 5.92 Å². The molecule has 0 aromatic heterocycles. The summed E-state index contributed by atoms with van der Waals surface area (Å²) < 4.78 is 6.81. The molecule has 1 atom stereocenters. The van der Waals surface area contributed by atoms with Gasteiger partial charge in [-0.25, -0.2) is 0 Å². The van der Waals surface area contributed by atoms with E-state index in [9.17, 15) is 0 Å². The van der Waals surface area contributed by atoms with E-state index < -0.39 is 0 Å². The molecule has 1 rings (SSSR count). The first kappa shape index (κ1) is 15.5. The van der Waals surface area contributed by atoms with Gasteiger partial charge in [0, 0.05) is 22.3 Å². The Morgan fingerprint density at radius 2 is 2.11 bits per heavy atom. The summed E-state index contributed by atoms with van der Waals surface area (Å²) in [4.78, 5) is 0. The van der Waals surface area contributed by atoms with E-state index in [1.165, 1.54) is 25.7 Å². The van der Waals surface area contributed by atoms with E-state index >= 15 is 0 Å². The van der Waals surface area contributed by atoms with Gasteiger partial charge < -0.3 is 10.5 Å². The number of benzene rings is 1. The lowest BCUT2D eigenvalue weighted by molar-refractivity contribution is 0.0823. The molecule has 0 aliphatic rings. The summed E-state index contributed by atoms with van der Waals surface area (Å²) >= 11 is 3.41. The van der Waals surface area contributed by atoms with Crippen molar-refractivity contribution in [2.45, 2.75) is 46.1 Å². The maximum atomic E-state index is 5.94. The molecule has 1 unspecified atom stereocenters. The van der Waals surface area contributed by atoms with Gasteiger partial charge >= 0.3 is 0 Å². The molecule has 18 heavy (non-hydrogen) atoms. The molecule has 1 aromatic rings. The topological polar surface area (TPSA) is 35.2 Å². The number of nitrogen functional groups attached to an aromatic ring is 1. The number of anilines is 1. The fraction of sp³-hybridized carbons (Fsp3) is 0.600. The minimum atomic E-state index is 0.613. The van der Waals surface area contributed by atoms with E-state index in [1.807, 2.05) is 18.2 Å². The number of unbranched alkanes of at least 4 members (excludes halogenated alkanes) is 1. The highest BCUT2D eigenvalue weighted by atomic mass is 79.9. The maximum absolute atomic E-state index is 5.94. The molecule has 2 N–H and O–H groups in total. The lowest BCUT2D eigenvalue weighted by atomic mass is 10.0. The second kappa shape index (κ2) is 8.54. The number of hydrogen-bond acceptors (Lipinski definition) is 2. The normalized spacial score (nSPS) is 12.6. The molecular weight excluding hydrogens is 290 g/mol. The standard InChI is InChI=1S/C15H24BrNO/c1-3-5-6-12(4-2)10-18-11-13-7-8-14(16)9-15(13)17/h7-9,12H,3-6,10-11,17H2,1-2H3. The van der Waals surface area contributed by atoms with Crippen LogP contribution in [0.1, 0.15) is 45.1 Å². The Labute approximate surface area is 119 Å². The molecule has 3 heteroatoms. The van der Waals surface area contributed by atoms with Crippen LogP contribution in [0.5, 0.6) is 0 Å². The molecule has 102 valence electrons. The number of hydrogen-bond donors (Lipinski definition) is 1. The fourth-order valence-corrected chi connectivity index (χ4v) is 2.31. The molecule has 0 fully saturated rings. The minimum Gasteiger partial charge on any atom is -0.398 e. The summed E-state index contributed by atoms with van der Waals surface area (Å²) in [5.41, 5.74) is 7.81. The molecule has 0 saturated carbocycles. The van der Waals surface area contributed by atoms with E-state index in [0.717, 1.165) is 22.3 Å². The molecular formula is C15H24BrNO. The largest absolute Gasteiger partial charge is 0.398 e. The Morgan fingerprint density at radius 3 is 2.72 bits per heavy atom. The van der Waals surface area contributed by atoms with Crippen LogP contribution in [0.2, 0.25) is 0 Å². The average Bonchev–Trinajstić information content (AvgIpc) is 2.36. The number of nitrogens with two attached hydrogens (primary N) is 1. The summed E-state index contributed by atoms with van der Waals surface area (Å²) in [6.07, 6.45) is 5.01. The first-order valence-corrected chi connectivity index (χ1v) is 7.58. The van der Waals surface area contributed by atoms with Gasteiger partial charge in [0.2, 0.25) is 0 Å². The summed E-state index contributed by atoms with van der Waals surface area (Å²) in [5, 5.41) is 0. The third kappa shape index (κ3) is 5.40.